The van der Waals surface area contributed by atoms with Crippen LogP contribution in [0, 0.1) is 0 Å². The third kappa shape index (κ3) is 12.0. The molecule has 2 rings (SSSR count). The largest absolute Gasteiger partial charge is 2.00 e. The summed E-state index contributed by atoms with van der Waals surface area (Å²) in [7, 11) is 7.37. The summed E-state index contributed by atoms with van der Waals surface area (Å²) >= 11 is 8.32. The molecule has 0 heterocycles. The standard InChI is InChI=1S/2C11H15N3OS.2Cu/c2*1-8(12-13-11(16)14(2)3)9-6-4-5-7-10(9)15;;/h2*4-7H,1-3H3,(H2,12,13,15,16);;/q;;2*+2/p+2. The monoisotopic (exact) mass is 602 g/mol. The van der Waals surface area contributed by atoms with Crippen LogP contribution in [-0.4, -0.2) is 69.9 Å². The fraction of sp³-hybridized carbons (Fsp3) is 0.273. The molecule has 0 saturated heterocycles. The van der Waals surface area contributed by atoms with Crippen LogP contribution in [-0.2, 0) is 58.6 Å². The Balaban J connectivity index is 0. The summed E-state index contributed by atoms with van der Waals surface area (Å²) in [5, 5.41) is 24.6. The zero-order chi connectivity index (χ0) is 24.3. The summed E-state index contributed by atoms with van der Waals surface area (Å²) in [4.78, 5) is 3.51. The molecule has 2 aromatic carbocycles. The molecule has 0 atom stereocenters. The van der Waals surface area contributed by atoms with Crippen LogP contribution in [0.3, 0.4) is 0 Å². The number of thiol groups is 2. The Kier molecular flexibility index (Phi) is 17.7. The maximum atomic E-state index is 7.71. The van der Waals surface area contributed by atoms with E-state index < -0.39 is 0 Å². The van der Waals surface area contributed by atoms with Gasteiger partial charge in [0.1, 0.15) is 0 Å². The van der Waals surface area contributed by atoms with E-state index >= 15 is 0 Å². The second kappa shape index (κ2) is 17.5. The summed E-state index contributed by atoms with van der Waals surface area (Å²) in [6, 6.07) is 14.6. The van der Waals surface area contributed by atoms with Gasteiger partial charge in [0.05, 0.1) is 11.1 Å². The van der Waals surface area contributed by atoms with Crippen molar-refractivity contribution in [1.82, 2.24) is 9.80 Å². The molecule has 2 radical (unpaired) electrons. The van der Waals surface area contributed by atoms with Gasteiger partial charge in [-0.3, -0.25) is 9.80 Å². The fourth-order valence-electron chi connectivity index (χ4n) is 2.12. The average molecular weight is 604 g/mol. The van der Waals surface area contributed by atoms with Crippen LogP contribution in [0.25, 0.3) is 10.9 Å². The molecule has 2 aromatic rings. The number of nitrogens with zero attached hydrogens (tertiary/aromatic N) is 6. The number of hydrogen-bond donors (Lipinski definition) is 0. The Labute approximate surface area is 233 Å². The summed E-state index contributed by atoms with van der Waals surface area (Å²) in [5.41, 5.74) is 10.9. The number of para-hydroxylation sites is 2. The minimum absolute atomic E-state index is 0. The van der Waals surface area contributed by atoms with E-state index in [9.17, 15) is 0 Å². The molecule has 0 saturated carbocycles. The molecule has 34 heavy (non-hydrogen) atoms. The van der Waals surface area contributed by atoms with Gasteiger partial charge in [-0.25, -0.2) is 0 Å². The third-order valence-corrected chi connectivity index (χ3v) is 4.99. The molecule has 0 unspecified atom stereocenters. The van der Waals surface area contributed by atoms with Crippen molar-refractivity contribution < 1.29 is 44.4 Å². The number of benzene rings is 2. The predicted molar refractivity (Wildman–Crippen MR) is 145 cm³/mol. The van der Waals surface area contributed by atoms with Gasteiger partial charge in [0.15, 0.2) is 34.7 Å². The summed E-state index contributed by atoms with van der Waals surface area (Å²) in [6.45, 7) is 3.65. The molecule has 0 spiro atoms. The van der Waals surface area contributed by atoms with E-state index in [4.69, 9.17) is 10.2 Å². The van der Waals surface area contributed by atoms with E-state index in [0.29, 0.717) is 33.1 Å². The van der Waals surface area contributed by atoms with Crippen LogP contribution in [0.2, 0.25) is 0 Å². The van der Waals surface area contributed by atoms with Gasteiger partial charge in [0, 0.05) is 23.6 Å². The van der Waals surface area contributed by atoms with E-state index in [0.717, 1.165) is 11.1 Å². The molecule has 0 aliphatic carbocycles. The maximum Gasteiger partial charge on any atom is 2.00 e. The molecular formula is C22H32Cu2N6O2S2+6. The Morgan fingerprint density at radius 3 is 1.24 bits per heavy atom. The average Bonchev–Trinajstić information content (AvgIpc) is 2.76. The maximum absolute atomic E-state index is 7.71. The SMILES string of the molecule is CC(=N[N-]C(=[SH+])N(C)C)c1ccccc1[OH2+].CC(=N[N-]C(=[SH+])N(C)C)c1ccccc1[OH2+].[Cu+2].[Cu+2]. The molecular weight excluding hydrogens is 572 g/mol. The van der Waals surface area contributed by atoms with Gasteiger partial charge in [0.25, 0.3) is 11.5 Å². The van der Waals surface area contributed by atoms with E-state index in [1.54, 1.807) is 21.9 Å². The first-order valence-electron chi connectivity index (χ1n) is 9.63. The number of hydrogen-bond acceptors (Lipinski definition) is 2. The van der Waals surface area contributed by atoms with Gasteiger partial charge in [-0.2, -0.15) is 0 Å². The summed E-state index contributed by atoms with van der Waals surface area (Å²) < 4.78 is 0. The molecule has 8 nitrogen and oxygen atoms in total. The minimum atomic E-state index is 0. The normalized spacial score (nSPS) is 10.9. The van der Waals surface area contributed by atoms with Crippen molar-refractivity contribution in [3.63, 3.8) is 0 Å². The molecule has 190 valence electrons. The quantitative estimate of drug-likeness (QED) is 0.134. The van der Waals surface area contributed by atoms with Crippen molar-refractivity contribution in [3.05, 3.63) is 70.5 Å². The van der Waals surface area contributed by atoms with Crippen LogP contribution < -0.4 is 0 Å². The van der Waals surface area contributed by atoms with Crippen molar-refractivity contribution >= 4 is 46.1 Å². The third-order valence-electron chi connectivity index (χ3n) is 4.01. The van der Waals surface area contributed by atoms with Crippen molar-refractivity contribution in [3.8, 4) is 11.5 Å². The second-order valence-corrected chi connectivity index (χ2v) is 7.85. The first-order valence-corrected chi connectivity index (χ1v) is 10.5. The first kappa shape index (κ1) is 34.3. The molecule has 0 fully saturated rings. The molecule has 0 amide bonds. The molecule has 0 bridgehead atoms. The Morgan fingerprint density at radius 2 is 0.971 bits per heavy atom. The molecule has 0 aliphatic heterocycles. The van der Waals surface area contributed by atoms with Gasteiger partial charge in [-0.1, -0.05) is 24.3 Å². The first-order chi connectivity index (χ1) is 15.0. The molecule has 0 aromatic heterocycles. The van der Waals surface area contributed by atoms with Crippen LogP contribution in [0.15, 0.2) is 58.7 Å². The van der Waals surface area contributed by atoms with Crippen LogP contribution in [0.1, 0.15) is 25.0 Å². The zero-order valence-corrected chi connectivity index (χ0v) is 23.5. The van der Waals surface area contributed by atoms with Gasteiger partial charge in [-0.05, 0) is 54.2 Å². The summed E-state index contributed by atoms with van der Waals surface area (Å²) in [5.74, 6) is 0.897. The van der Waals surface area contributed by atoms with Crippen LogP contribution in [0.4, 0.5) is 0 Å². The van der Waals surface area contributed by atoms with E-state index in [-0.39, 0.29) is 34.1 Å². The Morgan fingerprint density at radius 1 is 0.676 bits per heavy atom. The predicted octanol–water partition coefficient (Wildman–Crippen LogP) is 2.30. The van der Waals surface area contributed by atoms with Gasteiger partial charge >= 0.3 is 34.1 Å². The van der Waals surface area contributed by atoms with E-state index in [1.165, 1.54) is 0 Å². The van der Waals surface area contributed by atoms with E-state index in [2.05, 4.69) is 45.5 Å². The Hall–Kier alpha value is -1.88. The van der Waals surface area contributed by atoms with Gasteiger partial charge in [0.2, 0.25) is 0 Å². The van der Waals surface area contributed by atoms with Crippen LogP contribution in [0.5, 0.6) is 11.5 Å². The minimum Gasteiger partial charge on any atom is -0.593 e. The van der Waals surface area contributed by atoms with Crippen molar-refractivity contribution in [2.75, 3.05) is 28.2 Å². The molecule has 4 N–H and O–H groups in total. The smallest absolute Gasteiger partial charge is 0.593 e. The molecule has 0 aliphatic rings. The fourth-order valence-corrected chi connectivity index (χ4v) is 2.21. The van der Waals surface area contributed by atoms with Gasteiger partial charge in [-0.15, -0.1) is 0 Å². The zero-order valence-electron chi connectivity index (χ0n) is 19.8. The van der Waals surface area contributed by atoms with Crippen molar-refractivity contribution in [1.29, 1.82) is 0 Å². The Bertz CT molecular complexity index is 921. The van der Waals surface area contributed by atoms with E-state index in [1.807, 2.05) is 78.4 Å². The topological polar surface area (TPSA) is 105 Å². The second-order valence-electron chi connectivity index (χ2n) is 7.05. The van der Waals surface area contributed by atoms with Crippen LogP contribution >= 0.6 is 0 Å². The van der Waals surface area contributed by atoms with Gasteiger partial charge < -0.3 is 31.3 Å². The van der Waals surface area contributed by atoms with Crippen molar-refractivity contribution in [2.24, 2.45) is 10.2 Å². The summed E-state index contributed by atoms with van der Waals surface area (Å²) in [6.07, 6.45) is 0. The van der Waals surface area contributed by atoms with Crippen molar-refractivity contribution in [2.45, 2.75) is 13.8 Å². The molecule has 12 heteroatoms. The number of rotatable bonds is 4.